The number of hydrogen-bond acceptors (Lipinski definition) is 8. The molecule has 5 rings (SSSR count). The Morgan fingerprint density at radius 1 is 1.15 bits per heavy atom. The smallest absolute Gasteiger partial charge is 0.282 e. The van der Waals surface area contributed by atoms with E-state index in [-0.39, 0.29) is 51.8 Å². The Balaban J connectivity index is 1.96. The van der Waals surface area contributed by atoms with Crippen molar-refractivity contribution < 1.29 is 31.5 Å². The second-order valence-electron chi connectivity index (χ2n) is 11.6. The highest BCUT2D eigenvalue weighted by Gasteiger charge is 2.35. The minimum absolute atomic E-state index is 0.00439. The van der Waals surface area contributed by atoms with Crippen molar-refractivity contribution in [3.63, 3.8) is 0 Å². The summed E-state index contributed by atoms with van der Waals surface area (Å²) in [7, 11) is -4.13. The van der Waals surface area contributed by atoms with Crippen molar-refractivity contribution in [2.75, 3.05) is 30.8 Å². The minimum Gasteiger partial charge on any atom is -0.507 e. The van der Waals surface area contributed by atoms with Crippen LogP contribution < -0.4 is 4.90 Å². The highest BCUT2D eigenvalue weighted by atomic mass is 32.2. The molecule has 9 nitrogen and oxygen atoms in total. The average molecular weight is 672 g/mol. The first kappa shape index (κ1) is 33.1. The predicted molar refractivity (Wildman–Crippen MR) is 172 cm³/mol. The maximum Gasteiger partial charge on any atom is 0.282 e. The number of aryl methyl sites for hydroxylation is 1. The van der Waals surface area contributed by atoms with Crippen molar-refractivity contribution in [3.8, 4) is 22.7 Å². The van der Waals surface area contributed by atoms with Crippen LogP contribution in [0.2, 0.25) is 0 Å². The summed E-state index contributed by atoms with van der Waals surface area (Å²) in [6, 6.07) is 5.70. The van der Waals surface area contributed by atoms with Crippen molar-refractivity contribution in [2.24, 2.45) is 0 Å². The molecule has 4 heterocycles. The summed E-state index contributed by atoms with van der Waals surface area (Å²) in [5.41, 5.74) is 0.688. The van der Waals surface area contributed by atoms with Crippen LogP contribution in [-0.4, -0.2) is 70.8 Å². The molecule has 1 aliphatic rings. The standard InChI is InChI=1S/C32H32F3N5O4S2/c1-16(2)25-27(17(3)10-11-36-25)40-30-20(14-22(35)26(37-30)24-21(34)8-7-9-23(24)41)28(29(32(40)45)46(6,43)44)39-13-12-38(15-18(39)4)31(42)19(5)33/h7-11,14,16,18,41H,5,12-13,15H2,1-4,6H3/t18-/m0/s1. The van der Waals surface area contributed by atoms with Gasteiger partial charge >= 0.3 is 0 Å². The van der Waals surface area contributed by atoms with Gasteiger partial charge in [0.2, 0.25) is 0 Å². The fourth-order valence-corrected chi connectivity index (χ4v) is 7.64. The van der Waals surface area contributed by atoms with Gasteiger partial charge < -0.3 is 14.9 Å². The number of benzene rings is 1. The number of piperazine rings is 1. The first-order valence-corrected chi connectivity index (χ1v) is 16.7. The van der Waals surface area contributed by atoms with E-state index < -0.39 is 56.3 Å². The van der Waals surface area contributed by atoms with E-state index in [4.69, 9.17) is 12.2 Å². The SMILES string of the molecule is C=C(F)C(=O)N1CCN(c2c(S(C)(=O)=O)c(=S)n(-c3c(C)ccnc3C(C)C)c3nc(-c4c(O)cccc4F)c(F)cc23)[C@@H](C)C1. The molecule has 1 amide bonds. The van der Waals surface area contributed by atoms with Crippen LogP contribution in [0.25, 0.3) is 28.0 Å². The lowest BCUT2D eigenvalue weighted by Crippen LogP contribution is -2.54. The van der Waals surface area contributed by atoms with Gasteiger partial charge in [0.1, 0.15) is 32.4 Å². The number of fused-ring (bicyclic) bond motifs is 1. The second-order valence-corrected chi connectivity index (χ2v) is 14.0. The molecule has 0 aliphatic carbocycles. The lowest BCUT2D eigenvalue weighted by atomic mass is 10.0. The monoisotopic (exact) mass is 671 g/mol. The quantitative estimate of drug-likeness (QED) is 0.192. The average Bonchev–Trinajstić information content (AvgIpc) is 2.96. The number of amides is 1. The number of hydrogen-bond donors (Lipinski definition) is 1. The molecule has 0 spiro atoms. The maximum absolute atomic E-state index is 16.2. The fourth-order valence-electron chi connectivity index (χ4n) is 5.93. The third kappa shape index (κ3) is 5.64. The summed E-state index contributed by atoms with van der Waals surface area (Å²) in [4.78, 5) is 24.1. The highest BCUT2D eigenvalue weighted by Crippen LogP contribution is 2.42. The molecule has 242 valence electrons. The number of phenolic OH excluding ortho intramolecular Hbond substituents is 1. The molecule has 1 aliphatic heterocycles. The largest absolute Gasteiger partial charge is 0.507 e. The van der Waals surface area contributed by atoms with E-state index in [2.05, 4.69) is 16.5 Å². The molecule has 1 aromatic carbocycles. The van der Waals surface area contributed by atoms with Gasteiger partial charge in [0, 0.05) is 43.5 Å². The summed E-state index contributed by atoms with van der Waals surface area (Å²) in [6.07, 6.45) is 2.60. The number of phenols is 1. The zero-order valence-corrected chi connectivity index (χ0v) is 27.4. The van der Waals surface area contributed by atoms with Gasteiger partial charge in [-0.25, -0.2) is 26.6 Å². The molecule has 4 aromatic rings. The van der Waals surface area contributed by atoms with Crippen LogP contribution in [0, 0.1) is 23.2 Å². The Morgan fingerprint density at radius 3 is 2.43 bits per heavy atom. The van der Waals surface area contributed by atoms with E-state index in [1.165, 1.54) is 21.6 Å². The molecule has 1 atom stereocenters. The van der Waals surface area contributed by atoms with Gasteiger partial charge in [0.05, 0.1) is 22.6 Å². The van der Waals surface area contributed by atoms with Crippen molar-refractivity contribution in [3.05, 3.63) is 76.5 Å². The van der Waals surface area contributed by atoms with Crippen molar-refractivity contribution in [1.82, 2.24) is 19.4 Å². The molecular formula is C32H32F3N5O4S2. The Morgan fingerprint density at radius 2 is 1.85 bits per heavy atom. The number of halogens is 3. The van der Waals surface area contributed by atoms with Crippen LogP contribution in [0.5, 0.6) is 5.75 Å². The number of carbonyl (C=O) groups excluding carboxylic acids is 1. The number of anilines is 1. The third-order valence-electron chi connectivity index (χ3n) is 7.99. The minimum atomic E-state index is -4.13. The molecule has 14 heteroatoms. The Bertz CT molecular complexity index is 2080. The summed E-state index contributed by atoms with van der Waals surface area (Å²) in [5.74, 6) is -4.68. The number of carbonyl (C=O) groups is 1. The van der Waals surface area contributed by atoms with Crippen molar-refractivity contribution in [1.29, 1.82) is 0 Å². The summed E-state index contributed by atoms with van der Waals surface area (Å²) >= 11 is 5.94. The normalized spacial score (nSPS) is 15.5. The number of aromatic nitrogens is 3. The molecule has 0 unspecified atom stereocenters. The number of sulfone groups is 1. The van der Waals surface area contributed by atoms with Gasteiger partial charge in [-0.05, 0) is 49.6 Å². The van der Waals surface area contributed by atoms with Gasteiger partial charge in [-0.2, -0.15) is 0 Å². The van der Waals surface area contributed by atoms with Crippen LogP contribution in [0.4, 0.5) is 18.9 Å². The summed E-state index contributed by atoms with van der Waals surface area (Å²) < 4.78 is 73.5. The number of nitrogens with zero attached hydrogens (tertiary/aromatic N) is 5. The molecule has 3 aromatic heterocycles. The van der Waals surface area contributed by atoms with Crippen LogP contribution in [-0.2, 0) is 14.6 Å². The van der Waals surface area contributed by atoms with Crippen LogP contribution in [0.15, 0.2) is 53.8 Å². The Hall–Kier alpha value is -4.30. The summed E-state index contributed by atoms with van der Waals surface area (Å²) in [6.45, 7) is 10.4. The van der Waals surface area contributed by atoms with Crippen LogP contribution >= 0.6 is 12.2 Å². The maximum atomic E-state index is 16.2. The zero-order valence-electron chi connectivity index (χ0n) is 25.8. The second kappa shape index (κ2) is 12.1. The highest BCUT2D eigenvalue weighted by molar-refractivity contribution is 7.91. The van der Waals surface area contributed by atoms with E-state index in [1.54, 1.807) is 31.0 Å². The number of pyridine rings is 3. The van der Waals surface area contributed by atoms with Gasteiger partial charge in [0.25, 0.3) is 5.91 Å². The third-order valence-corrected chi connectivity index (χ3v) is 9.64. The van der Waals surface area contributed by atoms with Crippen molar-refractivity contribution in [2.45, 2.75) is 44.6 Å². The lowest BCUT2D eigenvalue weighted by Gasteiger charge is -2.42. The first-order chi connectivity index (χ1) is 21.5. The number of rotatable bonds is 6. The van der Waals surface area contributed by atoms with Gasteiger partial charge in [-0.1, -0.05) is 38.7 Å². The lowest BCUT2D eigenvalue weighted by molar-refractivity contribution is -0.129. The molecule has 1 N–H and O–H groups in total. The Kier molecular flexibility index (Phi) is 8.73. The molecule has 1 fully saturated rings. The Labute approximate surface area is 269 Å². The topological polar surface area (TPSA) is 109 Å². The van der Waals surface area contributed by atoms with Crippen molar-refractivity contribution >= 4 is 44.7 Å². The van der Waals surface area contributed by atoms with E-state index in [0.717, 1.165) is 18.4 Å². The van der Waals surface area contributed by atoms with Gasteiger partial charge in [-0.15, -0.1) is 0 Å². The number of aromatic hydroxyl groups is 1. The molecular weight excluding hydrogens is 640 g/mol. The van der Waals surface area contributed by atoms with Crippen LogP contribution in [0.1, 0.15) is 37.9 Å². The first-order valence-electron chi connectivity index (χ1n) is 14.4. The van der Waals surface area contributed by atoms with E-state index in [1.807, 2.05) is 13.8 Å². The molecule has 0 bridgehead atoms. The molecule has 0 saturated carbocycles. The van der Waals surface area contributed by atoms with Gasteiger partial charge in [-0.3, -0.25) is 14.3 Å². The predicted octanol–water partition coefficient (Wildman–Crippen LogP) is 6.16. The molecule has 1 saturated heterocycles. The zero-order chi connectivity index (χ0) is 33.8. The van der Waals surface area contributed by atoms with Gasteiger partial charge in [0.15, 0.2) is 21.5 Å². The van der Waals surface area contributed by atoms with Crippen LogP contribution in [0.3, 0.4) is 0 Å². The van der Waals surface area contributed by atoms with E-state index >= 15 is 8.78 Å². The molecule has 0 radical (unpaired) electrons. The van der Waals surface area contributed by atoms with E-state index in [0.29, 0.717) is 16.9 Å². The van der Waals surface area contributed by atoms with E-state index in [9.17, 15) is 22.7 Å². The fraction of sp³-hybridized carbons (Fsp3) is 0.312. The summed E-state index contributed by atoms with van der Waals surface area (Å²) in [5, 5.41) is 10.6. The molecule has 46 heavy (non-hydrogen) atoms.